The number of carboxylic acids is 1. The topological polar surface area (TPSA) is 75.3 Å². The van der Waals surface area contributed by atoms with E-state index >= 15 is 0 Å². The van der Waals surface area contributed by atoms with Gasteiger partial charge in [0.15, 0.2) is 0 Å². The Morgan fingerprint density at radius 3 is 2.92 bits per heavy atom. The molecule has 4 nitrogen and oxygen atoms in total. The van der Waals surface area contributed by atoms with Crippen molar-refractivity contribution in [1.29, 1.82) is 0 Å². The molecule has 2 atom stereocenters. The van der Waals surface area contributed by atoms with Crippen LogP contribution in [0.5, 0.6) is 0 Å². The molecule has 0 aromatic carbocycles. The highest BCUT2D eigenvalue weighted by molar-refractivity contribution is 5.73. The summed E-state index contributed by atoms with van der Waals surface area (Å²) >= 11 is 0. The standard InChI is InChI=1S/C8H12N2O2/c9-7(8(11)12)5-6-3-1-2-4-10-6/h1-4,6-7,10H,5,9H2,(H,11,12). The molecule has 1 aliphatic rings. The molecule has 4 heteroatoms. The Morgan fingerprint density at radius 2 is 2.42 bits per heavy atom. The molecule has 1 rings (SSSR count). The second kappa shape index (κ2) is 3.92. The van der Waals surface area contributed by atoms with Gasteiger partial charge < -0.3 is 16.2 Å². The number of aliphatic carboxylic acids is 1. The van der Waals surface area contributed by atoms with Gasteiger partial charge in [0.25, 0.3) is 0 Å². The maximum atomic E-state index is 10.4. The smallest absolute Gasteiger partial charge is 0.320 e. The quantitative estimate of drug-likeness (QED) is 0.547. The van der Waals surface area contributed by atoms with Crippen LogP contribution in [0.3, 0.4) is 0 Å². The first-order chi connectivity index (χ1) is 5.70. The summed E-state index contributed by atoms with van der Waals surface area (Å²) in [5.74, 6) is -0.959. The first kappa shape index (κ1) is 8.80. The van der Waals surface area contributed by atoms with E-state index in [1.807, 2.05) is 18.2 Å². The van der Waals surface area contributed by atoms with Crippen LogP contribution < -0.4 is 11.1 Å². The second-order valence-corrected chi connectivity index (χ2v) is 2.70. The lowest BCUT2D eigenvalue weighted by atomic mass is 10.1. The molecular formula is C8H12N2O2. The third-order valence-corrected chi connectivity index (χ3v) is 1.69. The van der Waals surface area contributed by atoms with Crippen molar-refractivity contribution in [3.8, 4) is 0 Å². The van der Waals surface area contributed by atoms with Crippen molar-refractivity contribution in [2.24, 2.45) is 5.73 Å². The summed E-state index contributed by atoms with van der Waals surface area (Å²) in [6.45, 7) is 0. The molecule has 0 fully saturated rings. The lowest BCUT2D eigenvalue weighted by molar-refractivity contribution is -0.138. The van der Waals surface area contributed by atoms with Crippen LogP contribution in [-0.2, 0) is 4.79 Å². The highest BCUT2D eigenvalue weighted by atomic mass is 16.4. The summed E-state index contributed by atoms with van der Waals surface area (Å²) in [5, 5.41) is 11.5. The lowest BCUT2D eigenvalue weighted by Crippen LogP contribution is -2.37. The molecule has 0 aromatic rings. The van der Waals surface area contributed by atoms with E-state index in [0.717, 1.165) is 0 Å². The van der Waals surface area contributed by atoms with Crippen LogP contribution in [0.15, 0.2) is 24.4 Å². The fourth-order valence-electron chi connectivity index (χ4n) is 1.01. The summed E-state index contributed by atoms with van der Waals surface area (Å²) in [7, 11) is 0. The van der Waals surface area contributed by atoms with E-state index in [4.69, 9.17) is 10.8 Å². The average Bonchev–Trinajstić information content (AvgIpc) is 2.06. The largest absolute Gasteiger partial charge is 0.480 e. The number of hydrogen-bond donors (Lipinski definition) is 3. The molecule has 0 aromatic heterocycles. The van der Waals surface area contributed by atoms with E-state index in [-0.39, 0.29) is 6.04 Å². The fourth-order valence-corrected chi connectivity index (χ4v) is 1.01. The van der Waals surface area contributed by atoms with Crippen LogP contribution >= 0.6 is 0 Å². The lowest BCUT2D eigenvalue weighted by Gasteiger charge is -2.17. The van der Waals surface area contributed by atoms with E-state index in [2.05, 4.69) is 5.32 Å². The van der Waals surface area contributed by atoms with Gasteiger partial charge in [0.2, 0.25) is 0 Å². The minimum absolute atomic E-state index is 0.0427. The summed E-state index contributed by atoms with van der Waals surface area (Å²) in [5.41, 5.74) is 5.35. The number of carboxylic acid groups (broad SMARTS) is 1. The Bertz CT molecular complexity index is 223. The molecule has 0 saturated heterocycles. The third-order valence-electron chi connectivity index (χ3n) is 1.69. The Morgan fingerprint density at radius 1 is 1.67 bits per heavy atom. The van der Waals surface area contributed by atoms with Gasteiger partial charge in [-0.1, -0.05) is 12.2 Å². The first-order valence-corrected chi connectivity index (χ1v) is 3.78. The molecule has 0 saturated carbocycles. The van der Waals surface area contributed by atoms with Gasteiger partial charge in [-0.25, -0.2) is 0 Å². The zero-order chi connectivity index (χ0) is 8.97. The number of allylic oxidation sites excluding steroid dienone is 2. The van der Waals surface area contributed by atoms with Crippen LogP contribution in [0, 0.1) is 0 Å². The van der Waals surface area contributed by atoms with E-state index in [0.29, 0.717) is 6.42 Å². The number of nitrogens with two attached hydrogens (primary N) is 1. The molecular weight excluding hydrogens is 156 g/mol. The molecule has 1 aliphatic heterocycles. The Hall–Kier alpha value is -1.29. The fraction of sp³-hybridized carbons (Fsp3) is 0.375. The minimum Gasteiger partial charge on any atom is -0.480 e. The molecule has 0 amide bonds. The Kier molecular flexibility index (Phi) is 2.88. The van der Waals surface area contributed by atoms with Gasteiger partial charge in [-0.3, -0.25) is 4.79 Å². The average molecular weight is 168 g/mol. The van der Waals surface area contributed by atoms with Crippen LogP contribution in [0.4, 0.5) is 0 Å². The maximum absolute atomic E-state index is 10.4. The predicted molar refractivity (Wildman–Crippen MR) is 45.4 cm³/mol. The van der Waals surface area contributed by atoms with Crippen molar-refractivity contribution in [2.75, 3.05) is 0 Å². The summed E-state index contributed by atoms with van der Waals surface area (Å²) < 4.78 is 0. The van der Waals surface area contributed by atoms with Crippen LogP contribution in [-0.4, -0.2) is 23.2 Å². The number of nitrogens with one attached hydrogen (secondary N) is 1. The summed E-state index contributed by atoms with van der Waals surface area (Å²) in [6.07, 6.45) is 7.80. The summed E-state index contributed by atoms with van der Waals surface area (Å²) in [4.78, 5) is 10.4. The highest BCUT2D eigenvalue weighted by Gasteiger charge is 2.16. The Balaban J connectivity index is 2.36. The van der Waals surface area contributed by atoms with Gasteiger partial charge in [0, 0.05) is 6.04 Å². The molecule has 12 heavy (non-hydrogen) atoms. The van der Waals surface area contributed by atoms with Crippen molar-refractivity contribution in [1.82, 2.24) is 5.32 Å². The van der Waals surface area contributed by atoms with E-state index < -0.39 is 12.0 Å². The molecule has 66 valence electrons. The van der Waals surface area contributed by atoms with Crippen LogP contribution in [0.1, 0.15) is 6.42 Å². The molecule has 0 spiro atoms. The van der Waals surface area contributed by atoms with Crippen molar-refractivity contribution >= 4 is 5.97 Å². The normalized spacial score (nSPS) is 23.2. The number of dihydropyridines is 1. The van der Waals surface area contributed by atoms with Gasteiger partial charge in [-0.05, 0) is 18.7 Å². The molecule has 0 radical (unpaired) electrons. The van der Waals surface area contributed by atoms with Crippen LogP contribution in [0.2, 0.25) is 0 Å². The van der Waals surface area contributed by atoms with Gasteiger partial charge >= 0.3 is 5.97 Å². The first-order valence-electron chi connectivity index (χ1n) is 3.78. The second-order valence-electron chi connectivity index (χ2n) is 2.70. The third kappa shape index (κ3) is 2.39. The van der Waals surface area contributed by atoms with E-state index in [9.17, 15) is 4.79 Å². The van der Waals surface area contributed by atoms with Gasteiger partial charge in [-0.2, -0.15) is 0 Å². The molecule has 2 unspecified atom stereocenters. The number of hydrogen-bond acceptors (Lipinski definition) is 3. The van der Waals surface area contributed by atoms with Crippen molar-refractivity contribution in [3.05, 3.63) is 24.4 Å². The predicted octanol–water partition coefficient (Wildman–Crippen LogP) is -0.170. The monoisotopic (exact) mass is 168 g/mol. The zero-order valence-electron chi connectivity index (χ0n) is 6.60. The minimum atomic E-state index is -0.959. The van der Waals surface area contributed by atoms with E-state index in [1.165, 1.54) is 0 Å². The van der Waals surface area contributed by atoms with Gasteiger partial charge in [-0.15, -0.1) is 0 Å². The van der Waals surface area contributed by atoms with Crippen molar-refractivity contribution < 1.29 is 9.90 Å². The Labute approximate surface area is 70.8 Å². The van der Waals surface area contributed by atoms with E-state index in [1.54, 1.807) is 6.20 Å². The number of rotatable bonds is 3. The summed E-state index contributed by atoms with van der Waals surface area (Å²) in [6, 6.07) is -0.750. The molecule has 1 heterocycles. The zero-order valence-corrected chi connectivity index (χ0v) is 6.60. The molecule has 4 N–H and O–H groups in total. The SMILES string of the molecule is NC(CC1C=CC=CN1)C(=O)O. The van der Waals surface area contributed by atoms with Crippen molar-refractivity contribution in [2.45, 2.75) is 18.5 Å². The highest BCUT2D eigenvalue weighted by Crippen LogP contribution is 2.02. The number of carbonyl (C=O) groups is 1. The molecule has 0 aliphatic carbocycles. The van der Waals surface area contributed by atoms with Gasteiger partial charge in [0.05, 0.1) is 0 Å². The van der Waals surface area contributed by atoms with Crippen molar-refractivity contribution in [3.63, 3.8) is 0 Å². The molecule has 0 bridgehead atoms. The van der Waals surface area contributed by atoms with Gasteiger partial charge in [0.1, 0.15) is 6.04 Å². The van der Waals surface area contributed by atoms with Crippen LogP contribution in [0.25, 0.3) is 0 Å². The maximum Gasteiger partial charge on any atom is 0.320 e.